The van der Waals surface area contributed by atoms with E-state index in [0.29, 0.717) is 0 Å². The number of carbonyl (C=O) groups is 1. The summed E-state index contributed by atoms with van der Waals surface area (Å²) in [5.74, 6) is -1.35. The summed E-state index contributed by atoms with van der Waals surface area (Å²) < 4.78 is 13.6. The van der Waals surface area contributed by atoms with Crippen molar-refractivity contribution in [2.45, 2.75) is 6.04 Å². The van der Waals surface area contributed by atoms with Gasteiger partial charge in [0.05, 0.1) is 23.2 Å². The smallest absolute Gasteiger partial charge is 0.256 e. The lowest BCUT2D eigenvalue weighted by Gasteiger charge is -2.17. The van der Waals surface area contributed by atoms with Crippen LogP contribution >= 0.6 is 11.6 Å². The van der Waals surface area contributed by atoms with Crippen molar-refractivity contribution < 1.29 is 14.3 Å². The lowest BCUT2D eigenvalue weighted by Crippen LogP contribution is -2.31. The van der Waals surface area contributed by atoms with Crippen LogP contribution in [-0.2, 0) is 0 Å². The predicted molar refractivity (Wildman–Crippen MR) is 75.1 cm³/mol. The van der Waals surface area contributed by atoms with E-state index in [2.05, 4.69) is 5.32 Å². The van der Waals surface area contributed by atoms with Gasteiger partial charge in [0, 0.05) is 0 Å². The fourth-order valence-electron chi connectivity index (χ4n) is 1.86. The maximum absolute atomic E-state index is 13.6. The van der Waals surface area contributed by atoms with Crippen LogP contribution in [0.5, 0.6) is 0 Å². The van der Waals surface area contributed by atoms with Gasteiger partial charge >= 0.3 is 0 Å². The number of rotatable bonds is 4. The van der Waals surface area contributed by atoms with Crippen molar-refractivity contribution in [2.75, 3.05) is 6.61 Å². The van der Waals surface area contributed by atoms with Crippen molar-refractivity contribution >= 4 is 17.5 Å². The summed E-state index contributed by atoms with van der Waals surface area (Å²) in [4.78, 5) is 12.1. The van der Waals surface area contributed by atoms with E-state index in [4.69, 9.17) is 11.6 Å². The average molecular weight is 294 g/mol. The SMILES string of the molecule is O=C(N[C@H](CO)c1ccccc1)c1c(F)cccc1Cl. The topological polar surface area (TPSA) is 49.3 Å². The average Bonchev–Trinajstić information content (AvgIpc) is 2.45. The van der Waals surface area contributed by atoms with E-state index < -0.39 is 17.8 Å². The summed E-state index contributed by atoms with van der Waals surface area (Å²) in [5.41, 5.74) is 0.513. The number of benzene rings is 2. The first kappa shape index (κ1) is 14.5. The van der Waals surface area contributed by atoms with Crippen molar-refractivity contribution in [3.05, 3.63) is 70.5 Å². The summed E-state index contributed by atoms with van der Waals surface area (Å²) in [5, 5.41) is 12.0. The maximum atomic E-state index is 13.6. The van der Waals surface area contributed by atoms with Gasteiger partial charge in [-0.05, 0) is 17.7 Å². The van der Waals surface area contributed by atoms with E-state index in [0.717, 1.165) is 11.6 Å². The van der Waals surface area contributed by atoms with Crippen LogP contribution in [0.1, 0.15) is 22.0 Å². The number of hydrogen-bond acceptors (Lipinski definition) is 2. The molecule has 0 saturated carbocycles. The number of amides is 1. The Morgan fingerprint density at radius 2 is 1.90 bits per heavy atom. The second-order valence-corrected chi connectivity index (χ2v) is 4.62. The lowest BCUT2D eigenvalue weighted by atomic mass is 10.1. The standard InChI is InChI=1S/C15H13ClFNO2/c16-11-7-4-8-12(17)14(11)15(20)18-13(9-19)10-5-2-1-3-6-10/h1-8,13,19H,9H2,(H,18,20)/t13-/m1/s1. The Hall–Kier alpha value is -1.91. The number of aliphatic hydroxyl groups excluding tert-OH is 1. The molecule has 0 aromatic heterocycles. The fourth-order valence-corrected chi connectivity index (χ4v) is 2.11. The minimum absolute atomic E-state index is 0.0345. The molecule has 2 aromatic rings. The molecule has 3 nitrogen and oxygen atoms in total. The molecule has 0 fully saturated rings. The molecular weight excluding hydrogens is 281 g/mol. The fraction of sp³-hybridized carbons (Fsp3) is 0.133. The Morgan fingerprint density at radius 3 is 2.50 bits per heavy atom. The van der Waals surface area contributed by atoms with E-state index >= 15 is 0 Å². The largest absolute Gasteiger partial charge is 0.394 e. The molecular formula is C15H13ClFNO2. The van der Waals surface area contributed by atoms with Crippen molar-refractivity contribution in [2.24, 2.45) is 0 Å². The molecule has 2 rings (SSSR count). The highest BCUT2D eigenvalue weighted by atomic mass is 35.5. The van der Waals surface area contributed by atoms with Crippen LogP contribution in [0.3, 0.4) is 0 Å². The molecule has 5 heteroatoms. The van der Waals surface area contributed by atoms with Crippen molar-refractivity contribution in [1.29, 1.82) is 0 Å². The molecule has 20 heavy (non-hydrogen) atoms. The number of carbonyl (C=O) groups excluding carboxylic acids is 1. The quantitative estimate of drug-likeness (QED) is 0.910. The van der Waals surface area contributed by atoms with E-state index in [1.165, 1.54) is 12.1 Å². The summed E-state index contributed by atoms with van der Waals surface area (Å²) in [6.45, 7) is -0.290. The van der Waals surface area contributed by atoms with Gasteiger partial charge in [-0.1, -0.05) is 48.0 Å². The van der Waals surface area contributed by atoms with Crippen LogP contribution in [0.25, 0.3) is 0 Å². The Labute approximate surface area is 121 Å². The first-order chi connectivity index (χ1) is 9.63. The van der Waals surface area contributed by atoms with Crippen LogP contribution < -0.4 is 5.32 Å². The zero-order chi connectivity index (χ0) is 14.5. The van der Waals surface area contributed by atoms with Gasteiger partial charge in [-0.25, -0.2) is 4.39 Å². The zero-order valence-electron chi connectivity index (χ0n) is 10.5. The third-order valence-electron chi connectivity index (χ3n) is 2.88. The second kappa shape index (κ2) is 6.50. The van der Waals surface area contributed by atoms with Crippen LogP contribution in [0.15, 0.2) is 48.5 Å². The summed E-state index contributed by atoms with van der Waals surface area (Å²) in [6, 6.07) is 12.4. The molecule has 0 heterocycles. The van der Waals surface area contributed by atoms with E-state index in [1.807, 2.05) is 6.07 Å². The molecule has 2 aromatic carbocycles. The first-order valence-electron chi connectivity index (χ1n) is 6.04. The minimum Gasteiger partial charge on any atom is -0.394 e. The Morgan fingerprint density at radius 1 is 1.20 bits per heavy atom. The van der Waals surface area contributed by atoms with Gasteiger partial charge < -0.3 is 10.4 Å². The highest BCUT2D eigenvalue weighted by molar-refractivity contribution is 6.33. The number of nitrogens with one attached hydrogen (secondary N) is 1. The molecule has 0 spiro atoms. The molecule has 104 valence electrons. The van der Waals surface area contributed by atoms with Gasteiger partial charge in [0.2, 0.25) is 0 Å². The summed E-state index contributed by atoms with van der Waals surface area (Å²) in [7, 11) is 0. The summed E-state index contributed by atoms with van der Waals surface area (Å²) >= 11 is 5.83. The van der Waals surface area contributed by atoms with Gasteiger partial charge in [0.15, 0.2) is 0 Å². The molecule has 0 bridgehead atoms. The molecule has 0 aliphatic rings. The highest BCUT2D eigenvalue weighted by Gasteiger charge is 2.19. The zero-order valence-corrected chi connectivity index (χ0v) is 11.3. The van der Waals surface area contributed by atoms with Gasteiger partial charge in [0.1, 0.15) is 5.82 Å². The van der Waals surface area contributed by atoms with Crippen LogP contribution in [0.2, 0.25) is 5.02 Å². The maximum Gasteiger partial charge on any atom is 0.256 e. The molecule has 0 unspecified atom stereocenters. The van der Waals surface area contributed by atoms with Gasteiger partial charge in [-0.3, -0.25) is 4.79 Å². The molecule has 0 radical (unpaired) electrons. The highest BCUT2D eigenvalue weighted by Crippen LogP contribution is 2.20. The number of aliphatic hydroxyl groups is 1. The molecule has 1 atom stereocenters. The molecule has 0 aliphatic heterocycles. The van der Waals surface area contributed by atoms with Crippen molar-refractivity contribution in [3.8, 4) is 0 Å². The molecule has 0 saturated heterocycles. The summed E-state index contributed by atoms with van der Waals surface area (Å²) in [6.07, 6.45) is 0. The number of hydrogen-bond donors (Lipinski definition) is 2. The van der Waals surface area contributed by atoms with Crippen molar-refractivity contribution in [1.82, 2.24) is 5.32 Å². The van der Waals surface area contributed by atoms with Crippen LogP contribution in [-0.4, -0.2) is 17.6 Å². The normalized spacial score (nSPS) is 11.9. The first-order valence-corrected chi connectivity index (χ1v) is 6.42. The third-order valence-corrected chi connectivity index (χ3v) is 3.19. The van der Waals surface area contributed by atoms with Crippen LogP contribution in [0, 0.1) is 5.82 Å². The Balaban J connectivity index is 2.22. The van der Waals surface area contributed by atoms with E-state index in [-0.39, 0.29) is 17.2 Å². The Kier molecular flexibility index (Phi) is 4.71. The molecule has 0 aliphatic carbocycles. The number of halogens is 2. The lowest BCUT2D eigenvalue weighted by molar-refractivity contribution is 0.0912. The van der Waals surface area contributed by atoms with Crippen LogP contribution in [0.4, 0.5) is 4.39 Å². The van der Waals surface area contributed by atoms with Gasteiger partial charge in [0.25, 0.3) is 5.91 Å². The second-order valence-electron chi connectivity index (χ2n) is 4.22. The van der Waals surface area contributed by atoms with Gasteiger partial charge in [-0.15, -0.1) is 0 Å². The van der Waals surface area contributed by atoms with E-state index in [9.17, 15) is 14.3 Å². The third kappa shape index (κ3) is 3.15. The van der Waals surface area contributed by atoms with Gasteiger partial charge in [-0.2, -0.15) is 0 Å². The predicted octanol–water partition coefficient (Wildman–Crippen LogP) is 2.94. The van der Waals surface area contributed by atoms with E-state index in [1.54, 1.807) is 24.3 Å². The Bertz CT molecular complexity index is 584. The molecule has 2 N–H and O–H groups in total. The monoisotopic (exact) mass is 293 g/mol. The van der Waals surface area contributed by atoms with Crippen molar-refractivity contribution in [3.63, 3.8) is 0 Å². The minimum atomic E-state index is -0.695. The molecule has 1 amide bonds.